The molecule has 0 spiro atoms. The molecular formula is C25H27N7. The van der Waals surface area contributed by atoms with Crippen molar-refractivity contribution in [3.8, 4) is 11.5 Å². The van der Waals surface area contributed by atoms with Gasteiger partial charge in [-0.25, -0.2) is 9.97 Å². The number of hydrogen-bond acceptors (Lipinski definition) is 6. The van der Waals surface area contributed by atoms with Gasteiger partial charge in [0.15, 0.2) is 5.82 Å². The van der Waals surface area contributed by atoms with Crippen LogP contribution in [0, 0.1) is 6.92 Å². The summed E-state index contributed by atoms with van der Waals surface area (Å²) in [6, 6.07) is 18.6. The average molecular weight is 426 g/mol. The highest BCUT2D eigenvalue weighted by atomic mass is 15.2. The van der Waals surface area contributed by atoms with Crippen molar-refractivity contribution in [2.45, 2.75) is 33.0 Å². The SMILES string of the molecule is Cc1cc(CN(C)c2nc(-c3ccccn3)nc3c2CN(Cc2ccccc2)CC3)n[nH]1. The third-order valence-corrected chi connectivity index (χ3v) is 5.78. The summed E-state index contributed by atoms with van der Waals surface area (Å²) in [5.74, 6) is 1.63. The minimum Gasteiger partial charge on any atom is -0.353 e. The number of aromatic amines is 1. The molecule has 0 aliphatic carbocycles. The Hall–Kier alpha value is -3.58. The maximum Gasteiger partial charge on any atom is 0.180 e. The van der Waals surface area contributed by atoms with Crippen LogP contribution < -0.4 is 4.90 Å². The summed E-state index contributed by atoms with van der Waals surface area (Å²) in [7, 11) is 2.07. The molecular weight excluding hydrogens is 398 g/mol. The van der Waals surface area contributed by atoms with Crippen molar-refractivity contribution in [1.29, 1.82) is 0 Å². The first-order valence-corrected chi connectivity index (χ1v) is 11.0. The zero-order valence-electron chi connectivity index (χ0n) is 18.5. The molecule has 1 aromatic carbocycles. The number of aromatic nitrogens is 5. The van der Waals surface area contributed by atoms with Crippen molar-refractivity contribution in [2.24, 2.45) is 0 Å². The second kappa shape index (κ2) is 8.88. The fourth-order valence-corrected chi connectivity index (χ4v) is 4.23. The molecule has 0 atom stereocenters. The molecule has 1 N–H and O–H groups in total. The number of anilines is 1. The van der Waals surface area contributed by atoms with Crippen LogP contribution in [0.15, 0.2) is 60.8 Å². The Morgan fingerprint density at radius 1 is 1.06 bits per heavy atom. The number of nitrogens with zero attached hydrogens (tertiary/aromatic N) is 6. The number of pyridine rings is 1. The Labute approximate surface area is 188 Å². The minimum atomic E-state index is 0.675. The number of nitrogens with one attached hydrogen (secondary N) is 1. The largest absolute Gasteiger partial charge is 0.353 e. The van der Waals surface area contributed by atoms with Crippen molar-refractivity contribution in [2.75, 3.05) is 18.5 Å². The molecule has 1 aliphatic heterocycles. The minimum absolute atomic E-state index is 0.675. The van der Waals surface area contributed by atoms with Crippen LogP contribution in [0.25, 0.3) is 11.5 Å². The molecule has 3 aromatic heterocycles. The second-order valence-corrected chi connectivity index (χ2v) is 8.36. The van der Waals surface area contributed by atoms with Gasteiger partial charge in [0.05, 0.1) is 17.9 Å². The van der Waals surface area contributed by atoms with E-state index < -0.39 is 0 Å². The van der Waals surface area contributed by atoms with Crippen LogP contribution in [0.4, 0.5) is 5.82 Å². The number of benzene rings is 1. The third kappa shape index (κ3) is 4.38. The number of fused-ring (bicyclic) bond motifs is 1. The predicted octanol–water partition coefficient (Wildman–Crippen LogP) is 3.76. The quantitative estimate of drug-likeness (QED) is 0.507. The Morgan fingerprint density at radius 2 is 1.91 bits per heavy atom. The molecule has 0 fully saturated rings. The topological polar surface area (TPSA) is 73.8 Å². The van der Waals surface area contributed by atoms with Crippen LogP contribution in [0.5, 0.6) is 0 Å². The monoisotopic (exact) mass is 425 g/mol. The van der Waals surface area contributed by atoms with Crippen LogP contribution in [-0.2, 0) is 26.1 Å². The smallest absolute Gasteiger partial charge is 0.180 e. The van der Waals surface area contributed by atoms with Gasteiger partial charge in [-0.2, -0.15) is 5.10 Å². The van der Waals surface area contributed by atoms with E-state index in [2.05, 4.69) is 68.4 Å². The van der Waals surface area contributed by atoms with E-state index in [-0.39, 0.29) is 0 Å². The van der Waals surface area contributed by atoms with E-state index in [1.807, 2.05) is 25.1 Å². The van der Waals surface area contributed by atoms with E-state index in [4.69, 9.17) is 9.97 Å². The van der Waals surface area contributed by atoms with Gasteiger partial charge in [-0.1, -0.05) is 36.4 Å². The summed E-state index contributed by atoms with van der Waals surface area (Å²) in [5, 5.41) is 7.44. The second-order valence-electron chi connectivity index (χ2n) is 8.36. The van der Waals surface area contributed by atoms with Crippen molar-refractivity contribution in [3.63, 3.8) is 0 Å². The Balaban J connectivity index is 1.49. The summed E-state index contributed by atoms with van der Waals surface area (Å²) < 4.78 is 0. The zero-order valence-corrected chi connectivity index (χ0v) is 18.5. The third-order valence-electron chi connectivity index (χ3n) is 5.78. The van der Waals surface area contributed by atoms with Crippen molar-refractivity contribution in [3.05, 3.63) is 89.0 Å². The molecule has 1 aliphatic rings. The lowest BCUT2D eigenvalue weighted by Gasteiger charge is -2.31. The number of aryl methyl sites for hydroxylation is 1. The fraction of sp³-hybridized carbons (Fsp3) is 0.280. The Bertz CT molecular complexity index is 1190. The van der Waals surface area contributed by atoms with Crippen LogP contribution in [-0.4, -0.2) is 43.6 Å². The summed E-state index contributed by atoms with van der Waals surface area (Å²) >= 11 is 0. The summed E-state index contributed by atoms with van der Waals surface area (Å²) in [5.41, 5.74) is 6.48. The molecule has 4 aromatic rings. The Morgan fingerprint density at radius 3 is 2.66 bits per heavy atom. The van der Waals surface area contributed by atoms with E-state index in [1.165, 1.54) is 11.1 Å². The molecule has 32 heavy (non-hydrogen) atoms. The predicted molar refractivity (Wildman–Crippen MR) is 125 cm³/mol. The molecule has 0 amide bonds. The molecule has 7 nitrogen and oxygen atoms in total. The van der Waals surface area contributed by atoms with Gasteiger partial charge in [-0.3, -0.25) is 15.0 Å². The van der Waals surface area contributed by atoms with Crippen molar-refractivity contribution < 1.29 is 0 Å². The van der Waals surface area contributed by atoms with Gasteiger partial charge in [-0.15, -0.1) is 0 Å². The lowest BCUT2D eigenvalue weighted by molar-refractivity contribution is 0.243. The molecule has 5 rings (SSSR count). The van der Waals surface area contributed by atoms with Gasteiger partial charge >= 0.3 is 0 Å². The highest BCUT2D eigenvalue weighted by Crippen LogP contribution is 2.30. The number of H-pyrrole nitrogens is 1. The first-order valence-electron chi connectivity index (χ1n) is 11.0. The normalized spacial score (nSPS) is 13.7. The molecule has 4 heterocycles. The Kier molecular flexibility index (Phi) is 5.64. The summed E-state index contributed by atoms with van der Waals surface area (Å²) in [6.07, 6.45) is 2.68. The molecule has 0 saturated carbocycles. The van der Waals surface area contributed by atoms with E-state index in [9.17, 15) is 0 Å². The van der Waals surface area contributed by atoms with Crippen LogP contribution in [0.3, 0.4) is 0 Å². The molecule has 7 heteroatoms. The lowest BCUT2D eigenvalue weighted by atomic mass is 10.0. The van der Waals surface area contributed by atoms with Gasteiger partial charge in [0.2, 0.25) is 0 Å². The molecule has 0 unspecified atom stereocenters. The van der Waals surface area contributed by atoms with Gasteiger partial charge in [0.25, 0.3) is 0 Å². The van der Waals surface area contributed by atoms with Crippen molar-refractivity contribution >= 4 is 5.82 Å². The van der Waals surface area contributed by atoms with Crippen LogP contribution >= 0.6 is 0 Å². The summed E-state index contributed by atoms with van der Waals surface area (Å²) in [4.78, 5) is 19.0. The maximum atomic E-state index is 4.99. The van der Waals surface area contributed by atoms with Crippen molar-refractivity contribution in [1.82, 2.24) is 30.0 Å². The van der Waals surface area contributed by atoms with Gasteiger partial charge < -0.3 is 4.90 Å². The molecule has 162 valence electrons. The lowest BCUT2D eigenvalue weighted by Crippen LogP contribution is -2.33. The summed E-state index contributed by atoms with van der Waals surface area (Å²) in [6.45, 7) is 5.41. The maximum absolute atomic E-state index is 4.99. The fourth-order valence-electron chi connectivity index (χ4n) is 4.23. The highest BCUT2D eigenvalue weighted by Gasteiger charge is 2.25. The van der Waals surface area contributed by atoms with Crippen LogP contribution in [0.2, 0.25) is 0 Å². The number of hydrogen-bond donors (Lipinski definition) is 1. The van der Waals surface area contributed by atoms with Gasteiger partial charge in [0.1, 0.15) is 11.5 Å². The number of rotatable bonds is 6. The van der Waals surface area contributed by atoms with E-state index >= 15 is 0 Å². The average Bonchev–Trinajstić information content (AvgIpc) is 3.24. The van der Waals surface area contributed by atoms with E-state index in [1.54, 1.807) is 6.20 Å². The molecule has 0 bridgehead atoms. The first-order chi connectivity index (χ1) is 15.7. The standard InChI is InChI=1S/C25H27N7/c1-18-14-20(30-29-18)16-31(2)25-21-17-32(15-19-8-4-3-5-9-19)13-11-22(21)27-24(28-25)23-10-6-7-12-26-23/h3-10,12,14H,11,13,15-17H2,1-2H3,(H,29,30). The van der Waals surface area contributed by atoms with E-state index in [0.717, 1.165) is 54.6 Å². The zero-order chi connectivity index (χ0) is 21.9. The van der Waals surface area contributed by atoms with E-state index in [0.29, 0.717) is 12.4 Å². The highest BCUT2D eigenvalue weighted by molar-refractivity contribution is 5.58. The van der Waals surface area contributed by atoms with Gasteiger partial charge in [-0.05, 0) is 30.7 Å². The van der Waals surface area contributed by atoms with Gasteiger partial charge in [0, 0.05) is 50.6 Å². The first kappa shape index (κ1) is 20.3. The van der Waals surface area contributed by atoms with Crippen LogP contribution in [0.1, 0.15) is 28.2 Å². The molecule has 0 saturated heterocycles. The molecule has 0 radical (unpaired) electrons.